The van der Waals surface area contributed by atoms with Gasteiger partial charge in [-0.25, -0.2) is 5.43 Å². The smallest absolute Gasteiger partial charge is 0.253 e. The lowest BCUT2D eigenvalue weighted by Crippen LogP contribution is -2.30. The van der Waals surface area contributed by atoms with Crippen LogP contribution in [-0.4, -0.2) is 34.9 Å². The first-order valence-electron chi connectivity index (χ1n) is 8.97. The highest BCUT2D eigenvalue weighted by molar-refractivity contribution is 6.12. The van der Waals surface area contributed by atoms with E-state index in [1.807, 2.05) is 19.1 Å². The summed E-state index contributed by atoms with van der Waals surface area (Å²) in [4.78, 5) is 35.9. The molecule has 0 fully saturated rings. The summed E-state index contributed by atoms with van der Waals surface area (Å²) in [6, 6.07) is 8.11. The second kappa shape index (κ2) is 9.65. The Morgan fingerprint density at radius 1 is 1.04 bits per heavy atom. The van der Waals surface area contributed by atoms with Gasteiger partial charge < -0.3 is 0 Å². The topological polar surface area (TPSA) is 78.8 Å². The molecule has 0 saturated heterocycles. The van der Waals surface area contributed by atoms with Crippen LogP contribution in [0.5, 0.6) is 0 Å². The van der Waals surface area contributed by atoms with E-state index >= 15 is 0 Å². The van der Waals surface area contributed by atoms with Gasteiger partial charge in [0.25, 0.3) is 11.8 Å². The van der Waals surface area contributed by atoms with E-state index in [1.54, 1.807) is 0 Å². The molecule has 0 aromatic heterocycles. The van der Waals surface area contributed by atoms with E-state index in [4.69, 9.17) is 0 Å². The van der Waals surface area contributed by atoms with Crippen LogP contribution in [-0.2, 0) is 20.8 Å². The zero-order valence-electron chi connectivity index (χ0n) is 15.3. The second-order valence-corrected chi connectivity index (χ2v) is 6.25. The molecule has 26 heavy (non-hydrogen) atoms. The number of imide groups is 1. The van der Waals surface area contributed by atoms with Crippen molar-refractivity contribution in [3.05, 3.63) is 47.5 Å². The quantitative estimate of drug-likeness (QED) is 0.320. The van der Waals surface area contributed by atoms with Gasteiger partial charge in [0, 0.05) is 25.1 Å². The largest absolute Gasteiger partial charge is 0.275 e. The molecule has 0 saturated carbocycles. The van der Waals surface area contributed by atoms with Crippen LogP contribution in [0.15, 0.2) is 41.5 Å². The maximum Gasteiger partial charge on any atom is 0.253 e. The van der Waals surface area contributed by atoms with Crippen molar-refractivity contribution in [3.63, 3.8) is 0 Å². The molecule has 6 heteroatoms. The van der Waals surface area contributed by atoms with Crippen molar-refractivity contribution in [2.75, 3.05) is 6.54 Å². The van der Waals surface area contributed by atoms with Crippen molar-refractivity contribution >= 4 is 23.4 Å². The number of amides is 3. The Kier molecular flexibility index (Phi) is 7.26. The van der Waals surface area contributed by atoms with Gasteiger partial charge in [-0.05, 0) is 37.3 Å². The minimum atomic E-state index is -0.260. The van der Waals surface area contributed by atoms with Crippen molar-refractivity contribution < 1.29 is 14.4 Å². The summed E-state index contributed by atoms with van der Waals surface area (Å²) in [6.07, 6.45) is 6.08. The molecule has 1 N–H and O–H groups in total. The van der Waals surface area contributed by atoms with Crippen LogP contribution in [0, 0.1) is 0 Å². The highest BCUT2D eigenvalue weighted by atomic mass is 16.2. The van der Waals surface area contributed by atoms with Crippen LogP contribution in [0.4, 0.5) is 0 Å². The number of carbonyl (C=O) groups excluding carboxylic acids is 3. The first-order valence-corrected chi connectivity index (χ1v) is 8.97. The third-order valence-electron chi connectivity index (χ3n) is 4.31. The highest BCUT2D eigenvalue weighted by Crippen LogP contribution is 2.08. The number of rotatable bonds is 9. The van der Waals surface area contributed by atoms with Gasteiger partial charge in [0.2, 0.25) is 5.91 Å². The average Bonchev–Trinajstić information content (AvgIpc) is 2.97. The predicted octanol–water partition coefficient (Wildman–Crippen LogP) is 2.57. The van der Waals surface area contributed by atoms with Crippen LogP contribution >= 0.6 is 0 Å². The van der Waals surface area contributed by atoms with E-state index in [9.17, 15) is 14.4 Å². The average molecular weight is 355 g/mol. The van der Waals surface area contributed by atoms with Gasteiger partial charge in [0.05, 0.1) is 5.71 Å². The predicted molar refractivity (Wildman–Crippen MR) is 101 cm³/mol. The Morgan fingerprint density at radius 2 is 1.69 bits per heavy atom. The maximum atomic E-state index is 11.9. The summed E-state index contributed by atoms with van der Waals surface area (Å²) in [5.74, 6) is -0.654. The summed E-state index contributed by atoms with van der Waals surface area (Å²) < 4.78 is 0. The number of hydrogen-bond donors (Lipinski definition) is 1. The number of aryl methyl sites for hydroxylation is 1. The molecule has 1 heterocycles. The fourth-order valence-electron chi connectivity index (χ4n) is 2.63. The number of unbranched alkanes of at least 4 members (excludes halogenated alkanes) is 2. The van der Waals surface area contributed by atoms with E-state index in [0.717, 1.165) is 24.1 Å². The fraction of sp³-hybridized carbons (Fsp3) is 0.400. The van der Waals surface area contributed by atoms with Crippen LogP contribution in [0.25, 0.3) is 0 Å². The number of nitrogens with zero attached hydrogens (tertiary/aromatic N) is 2. The normalized spacial score (nSPS) is 14.2. The molecule has 1 aliphatic heterocycles. The van der Waals surface area contributed by atoms with Gasteiger partial charge in [-0.2, -0.15) is 5.10 Å². The Morgan fingerprint density at radius 3 is 2.31 bits per heavy atom. The lowest BCUT2D eigenvalue weighted by molar-refractivity contribution is -0.136. The third-order valence-corrected chi connectivity index (χ3v) is 4.31. The van der Waals surface area contributed by atoms with E-state index < -0.39 is 0 Å². The molecule has 0 atom stereocenters. The van der Waals surface area contributed by atoms with E-state index in [1.165, 1.54) is 22.6 Å². The summed E-state index contributed by atoms with van der Waals surface area (Å²) in [5.41, 5.74) is 5.58. The molecule has 0 bridgehead atoms. The zero-order valence-corrected chi connectivity index (χ0v) is 15.3. The first kappa shape index (κ1) is 19.6. The zero-order chi connectivity index (χ0) is 18.9. The fourth-order valence-corrected chi connectivity index (χ4v) is 2.63. The lowest BCUT2D eigenvalue weighted by Gasteiger charge is -2.12. The van der Waals surface area contributed by atoms with E-state index in [0.29, 0.717) is 25.8 Å². The molecule has 3 amide bonds. The first-order chi connectivity index (χ1) is 12.5. The molecular weight excluding hydrogens is 330 g/mol. The summed E-state index contributed by atoms with van der Waals surface area (Å²) in [6.45, 7) is 4.37. The summed E-state index contributed by atoms with van der Waals surface area (Å²) in [7, 11) is 0. The Bertz CT molecular complexity index is 702. The van der Waals surface area contributed by atoms with Gasteiger partial charge in [-0.3, -0.25) is 19.3 Å². The van der Waals surface area contributed by atoms with Gasteiger partial charge >= 0.3 is 0 Å². The van der Waals surface area contributed by atoms with Crippen LogP contribution in [0.1, 0.15) is 50.7 Å². The molecule has 1 aromatic rings. The molecular formula is C20H25N3O3. The molecule has 1 aromatic carbocycles. The van der Waals surface area contributed by atoms with Crippen LogP contribution < -0.4 is 5.43 Å². The Labute approximate surface area is 154 Å². The van der Waals surface area contributed by atoms with Crippen molar-refractivity contribution in [2.45, 2.75) is 46.0 Å². The van der Waals surface area contributed by atoms with Crippen molar-refractivity contribution in [3.8, 4) is 0 Å². The summed E-state index contributed by atoms with van der Waals surface area (Å²) >= 11 is 0. The van der Waals surface area contributed by atoms with Gasteiger partial charge in [-0.15, -0.1) is 0 Å². The van der Waals surface area contributed by atoms with Crippen molar-refractivity contribution in [1.82, 2.24) is 10.3 Å². The molecule has 0 aliphatic carbocycles. The molecule has 6 nitrogen and oxygen atoms in total. The highest BCUT2D eigenvalue weighted by Gasteiger charge is 2.22. The number of nitrogens with one attached hydrogen (secondary N) is 1. The Hall–Kier alpha value is -2.76. The molecule has 0 radical (unpaired) electrons. The second-order valence-electron chi connectivity index (χ2n) is 6.25. The number of benzene rings is 1. The number of hydrogen-bond acceptors (Lipinski definition) is 4. The SMILES string of the molecule is CCc1ccc(/C(C)=N/NC(=O)CCCCCN2C(=O)C=CC2=O)cc1. The number of carbonyl (C=O) groups is 3. The molecule has 0 spiro atoms. The monoisotopic (exact) mass is 355 g/mol. The summed E-state index contributed by atoms with van der Waals surface area (Å²) in [5, 5.41) is 4.14. The van der Waals surface area contributed by atoms with Gasteiger partial charge in [0.15, 0.2) is 0 Å². The molecule has 2 rings (SSSR count). The number of hydrazone groups is 1. The maximum absolute atomic E-state index is 11.9. The lowest BCUT2D eigenvalue weighted by atomic mass is 10.1. The van der Waals surface area contributed by atoms with Crippen LogP contribution in [0.2, 0.25) is 0 Å². The van der Waals surface area contributed by atoms with E-state index in [-0.39, 0.29) is 17.7 Å². The third kappa shape index (κ3) is 5.65. The molecule has 1 aliphatic rings. The minimum absolute atomic E-state index is 0.135. The minimum Gasteiger partial charge on any atom is -0.275 e. The van der Waals surface area contributed by atoms with Crippen LogP contribution in [0.3, 0.4) is 0 Å². The molecule has 138 valence electrons. The molecule has 0 unspecified atom stereocenters. The standard InChI is InChI=1S/C20H25N3O3/c1-3-16-8-10-17(11-9-16)15(2)21-22-18(24)7-5-4-6-14-23-19(25)12-13-20(23)26/h8-13H,3-7,14H2,1-2H3,(H,22,24)/b21-15+. The Balaban J connectivity index is 1.65. The van der Waals surface area contributed by atoms with E-state index in [2.05, 4.69) is 29.6 Å². The van der Waals surface area contributed by atoms with Gasteiger partial charge in [-0.1, -0.05) is 37.6 Å². The van der Waals surface area contributed by atoms with Gasteiger partial charge in [0.1, 0.15) is 0 Å². The van der Waals surface area contributed by atoms with Crippen molar-refractivity contribution in [1.29, 1.82) is 0 Å². The van der Waals surface area contributed by atoms with Crippen molar-refractivity contribution in [2.24, 2.45) is 5.10 Å².